The van der Waals surface area contributed by atoms with Gasteiger partial charge in [0.25, 0.3) is 0 Å². The highest BCUT2D eigenvalue weighted by atomic mass is 15.2. The summed E-state index contributed by atoms with van der Waals surface area (Å²) in [6, 6.07) is 0.403. The fraction of sp³-hybridized carbons (Fsp3) is 1.00. The number of nitrogens with zero attached hydrogens (tertiary/aromatic N) is 1. The molecule has 2 N–H and O–H groups in total. The van der Waals surface area contributed by atoms with Crippen LogP contribution in [-0.4, -0.2) is 30.1 Å². The van der Waals surface area contributed by atoms with Gasteiger partial charge in [0.05, 0.1) is 0 Å². The van der Waals surface area contributed by atoms with Crippen molar-refractivity contribution >= 4 is 0 Å². The van der Waals surface area contributed by atoms with Gasteiger partial charge in [0.1, 0.15) is 0 Å². The predicted molar refractivity (Wildman–Crippen MR) is 55.6 cm³/mol. The lowest BCUT2D eigenvalue weighted by molar-refractivity contribution is 0.105. The summed E-state index contributed by atoms with van der Waals surface area (Å²) in [7, 11) is 2.24. The van der Waals surface area contributed by atoms with Gasteiger partial charge in [-0.1, -0.05) is 12.8 Å². The van der Waals surface area contributed by atoms with Crippen molar-refractivity contribution in [2.75, 3.05) is 13.6 Å². The van der Waals surface area contributed by atoms with E-state index < -0.39 is 0 Å². The molecule has 2 nitrogen and oxygen atoms in total. The van der Waals surface area contributed by atoms with E-state index in [1.807, 2.05) is 0 Å². The van der Waals surface area contributed by atoms with Crippen molar-refractivity contribution < 1.29 is 0 Å². The van der Waals surface area contributed by atoms with Crippen LogP contribution < -0.4 is 5.73 Å². The standard InChI is InChI=1S/C11H22N2/c1-11(9-5-3-4-6-9)10(12)7-8-13(11)2/h9-10H,3-8,12H2,1-2H3. The van der Waals surface area contributed by atoms with E-state index in [1.54, 1.807) is 0 Å². The van der Waals surface area contributed by atoms with E-state index in [0.717, 1.165) is 5.92 Å². The maximum absolute atomic E-state index is 6.24. The Morgan fingerprint density at radius 1 is 1.23 bits per heavy atom. The molecule has 0 amide bonds. The lowest BCUT2D eigenvalue weighted by Gasteiger charge is -2.41. The highest BCUT2D eigenvalue weighted by molar-refractivity contribution is 5.05. The first-order valence-electron chi connectivity index (χ1n) is 5.62. The van der Waals surface area contributed by atoms with Crippen LogP contribution in [0.3, 0.4) is 0 Å². The maximum Gasteiger partial charge on any atom is 0.0357 e. The van der Waals surface area contributed by atoms with E-state index in [2.05, 4.69) is 18.9 Å². The number of likely N-dealkylation sites (tertiary alicyclic amines) is 1. The first-order chi connectivity index (χ1) is 6.15. The highest BCUT2D eigenvalue weighted by Gasteiger charge is 2.47. The van der Waals surface area contributed by atoms with E-state index in [0.29, 0.717) is 11.6 Å². The van der Waals surface area contributed by atoms with Crippen LogP contribution in [0.15, 0.2) is 0 Å². The average molecular weight is 182 g/mol. The van der Waals surface area contributed by atoms with E-state index in [9.17, 15) is 0 Å². The Balaban J connectivity index is 2.15. The van der Waals surface area contributed by atoms with Gasteiger partial charge in [-0.2, -0.15) is 0 Å². The van der Waals surface area contributed by atoms with Crippen molar-refractivity contribution in [1.82, 2.24) is 4.90 Å². The van der Waals surface area contributed by atoms with Gasteiger partial charge in [-0.25, -0.2) is 0 Å². The molecule has 2 atom stereocenters. The van der Waals surface area contributed by atoms with Gasteiger partial charge >= 0.3 is 0 Å². The minimum atomic E-state index is 0.302. The van der Waals surface area contributed by atoms with Gasteiger partial charge < -0.3 is 5.73 Å². The molecule has 0 aromatic carbocycles. The van der Waals surface area contributed by atoms with E-state index in [4.69, 9.17) is 5.73 Å². The Labute approximate surface area is 81.5 Å². The minimum Gasteiger partial charge on any atom is -0.326 e. The SMILES string of the molecule is CN1CCC(N)C1(C)C1CCCC1. The number of rotatable bonds is 1. The van der Waals surface area contributed by atoms with Gasteiger partial charge in [0, 0.05) is 11.6 Å². The second-order valence-electron chi connectivity index (χ2n) is 5.02. The first-order valence-corrected chi connectivity index (χ1v) is 5.62. The van der Waals surface area contributed by atoms with Gasteiger partial charge in [-0.05, 0) is 45.7 Å². The van der Waals surface area contributed by atoms with E-state index >= 15 is 0 Å². The molecule has 1 aliphatic carbocycles. The van der Waals surface area contributed by atoms with Gasteiger partial charge in [-0.15, -0.1) is 0 Å². The fourth-order valence-electron chi connectivity index (χ4n) is 3.27. The van der Waals surface area contributed by atoms with Crippen LogP contribution in [0.1, 0.15) is 39.0 Å². The van der Waals surface area contributed by atoms with E-state index in [1.165, 1.54) is 38.6 Å². The first kappa shape index (κ1) is 9.47. The smallest absolute Gasteiger partial charge is 0.0357 e. The molecule has 2 fully saturated rings. The average Bonchev–Trinajstić information content (AvgIpc) is 2.70. The molecule has 2 rings (SSSR count). The number of nitrogens with two attached hydrogens (primary N) is 1. The van der Waals surface area contributed by atoms with Crippen LogP contribution in [0, 0.1) is 5.92 Å². The van der Waals surface area contributed by atoms with Crippen LogP contribution in [0.25, 0.3) is 0 Å². The zero-order valence-electron chi connectivity index (χ0n) is 8.92. The topological polar surface area (TPSA) is 29.3 Å². The van der Waals surface area contributed by atoms with Crippen LogP contribution in [0.4, 0.5) is 0 Å². The quantitative estimate of drug-likeness (QED) is 0.667. The molecule has 0 radical (unpaired) electrons. The highest BCUT2D eigenvalue weighted by Crippen LogP contribution is 2.42. The molecule has 2 heteroatoms. The Kier molecular flexibility index (Phi) is 2.37. The molecule has 2 unspecified atom stereocenters. The molecule has 0 aromatic rings. The third-order valence-corrected chi connectivity index (χ3v) is 4.53. The molecule has 0 bridgehead atoms. The van der Waals surface area contributed by atoms with Gasteiger partial charge in [0.15, 0.2) is 0 Å². The van der Waals surface area contributed by atoms with E-state index in [-0.39, 0.29) is 0 Å². The number of hydrogen-bond acceptors (Lipinski definition) is 2. The molecule has 1 saturated heterocycles. The third kappa shape index (κ3) is 1.31. The zero-order chi connectivity index (χ0) is 9.47. The minimum absolute atomic E-state index is 0.302. The molecule has 0 spiro atoms. The van der Waals surface area contributed by atoms with Gasteiger partial charge in [0.2, 0.25) is 0 Å². The Bertz CT molecular complexity index is 175. The normalized spacial score (nSPS) is 43.2. The van der Waals surface area contributed by atoms with Gasteiger partial charge in [-0.3, -0.25) is 4.90 Å². The monoisotopic (exact) mass is 182 g/mol. The molecular formula is C11H22N2. The largest absolute Gasteiger partial charge is 0.326 e. The summed E-state index contributed by atoms with van der Waals surface area (Å²) in [6.45, 7) is 3.56. The zero-order valence-corrected chi connectivity index (χ0v) is 8.92. The molecular weight excluding hydrogens is 160 g/mol. The van der Waals surface area contributed by atoms with Crippen LogP contribution in [0.2, 0.25) is 0 Å². The summed E-state index contributed by atoms with van der Waals surface area (Å²) in [6.07, 6.45) is 6.81. The van der Waals surface area contributed by atoms with Crippen LogP contribution in [0.5, 0.6) is 0 Å². The molecule has 76 valence electrons. The Morgan fingerprint density at radius 2 is 1.85 bits per heavy atom. The summed E-state index contributed by atoms with van der Waals surface area (Å²) in [5, 5.41) is 0. The van der Waals surface area contributed by atoms with Crippen molar-refractivity contribution in [3.63, 3.8) is 0 Å². The van der Waals surface area contributed by atoms with Crippen LogP contribution >= 0.6 is 0 Å². The lowest BCUT2D eigenvalue weighted by Crippen LogP contribution is -2.54. The van der Waals surface area contributed by atoms with Crippen molar-refractivity contribution in [1.29, 1.82) is 0 Å². The molecule has 1 aliphatic heterocycles. The molecule has 2 aliphatic rings. The summed E-state index contributed by atoms with van der Waals surface area (Å²) < 4.78 is 0. The molecule has 13 heavy (non-hydrogen) atoms. The summed E-state index contributed by atoms with van der Waals surface area (Å²) in [5.74, 6) is 0.856. The summed E-state index contributed by atoms with van der Waals surface area (Å²) >= 11 is 0. The molecule has 1 saturated carbocycles. The van der Waals surface area contributed by atoms with Crippen molar-refractivity contribution in [2.24, 2.45) is 11.7 Å². The molecule has 0 aromatic heterocycles. The van der Waals surface area contributed by atoms with Crippen molar-refractivity contribution in [3.8, 4) is 0 Å². The third-order valence-electron chi connectivity index (χ3n) is 4.53. The van der Waals surface area contributed by atoms with Crippen molar-refractivity contribution in [2.45, 2.75) is 50.6 Å². The summed E-state index contributed by atoms with van der Waals surface area (Å²) in [5.41, 5.74) is 6.54. The molecule has 1 heterocycles. The summed E-state index contributed by atoms with van der Waals surface area (Å²) in [4.78, 5) is 2.49. The number of hydrogen-bond donors (Lipinski definition) is 1. The number of likely N-dealkylation sites (N-methyl/N-ethyl adjacent to an activating group) is 1. The Morgan fingerprint density at radius 3 is 2.31 bits per heavy atom. The van der Waals surface area contributed by atoms with Crippen molar-refractivity contribution in [3.05, 3.63) is 0 Å². The second kappa shape index (κ2) is 3.25. The fourth-order valence-corrected chi connectivity index (χ4v) is 3.27. The maximum atomic E-state index is 6.24. The Hall–Kier alpha value is -0.0800. The van der Waals surface area contributed by atoms with Crippen LogP contribution in [-0.2, 0) is 0 Å². The second-order valence-corrected chi connectivity index (χ2v) is 5.02. The lowest BCUT2D eigenvalue weighted by atomic mass is 9.79. The predicted octanol–water partition coefficient (Wildman–Crippen LogP) is 1.60.